The normalized spacial score (nSPS) is 12.1. The van der Waals surface area contributed by atoms with Gasteiger partial charge in [0.2, 0.25) is 0 Å². The Labute approximate surface area is 141 Å². The van der Waals surface area contributed by atoms with Crippen LogP contribution in [0.5, 0.6) is 5.75 Å². The molecule has 0 bridgehead atoms. The number of hydrogen-bond acceptors (Lipinski definition) is 6. The molecule has 134 valence electrons. The SMILES string of the molecule is N/C(=C\N(N)c1ccc(F)c(F)c1F)c1ccc(OS(N)(=O)=O)cc1. The average Bonchev–Trinajstić information content (AvgIpc) is 2.51. The second-order valence-electron chi connectivity index (χ2n) is 4.79. The average molecular weight is 374 g/mol. The van der Waals surface area contributed by atoms with Crippen LogP contribution in [0.1, 0.15) is 5.56 Å². The highest BCUT2D eigenvalue weighted by atomic mass is 32.2. The molecule has 0 heterocycles. The summed E-state index contributed by atoms with van der Waals surface area (Å²) in [5.74, 6) is 1.07. The molecule has 0 atom stereocenters. The Morgan fingerprint density at radius 2 is 1.64 bits per heavy atom. The van der Waals surface area contributed by atoms with Crippen LogP contribution in [0.2, 0.25) is 0 Å². The van der Waals surface area contributed by atoms with Gasteiger partial charge < -0.3 is 9.92 Å². The number of hydrogen-bond donors (Lipinski definition) is 3. The number of anilines is 1. The van der Waals surface area contributed by atoms with Crippen molar-refractivity contribution in [3.05, 3.63) is 65.6 Å². The maximum absolute atomic E-state index is 13.7. The van der Waals surface area contributed by atoms with Gasteiger partial charge in [-0.3, -0.25) is 5.01 Å². The van der Waals surface area contributed by atoms with E-state index in [2.05, 4.69) is 4.18 Å². The molecule has 0 saturated heterocycles. The Kier molecular flexibility index (Phi) is 5.21. The van der Waals surface area contributed by atoms with Crippen molar-refractivity contribution in [1.29, 1.82) is 0 Å². The zero-order valence-corrected chi connectivity index (χ0v) is 13.3. The maximum Gasteiger partial charge on any atom is 0.380 e. The molecule has 2 rings (SSSR count). The second kappa shape index (κ2) is 7.01. The first-order chi connectivity index (χ1) is 11.6. The molecule has 0 amide bonds. The summed E-state index contributed by atoms with van der Waals surface area (Å²) in [6.07, 6.45) is 1.07. The van der Waals surface area contributed by atoms with Gasteiger partial charge in [0.05, 0.1) is 11.4 Å². The molecule has 11 heteroatoms. The van der Waals surface area contributed by atoms with Crippen molar-refractivity contribution in [3.63, 3.8) is 0 Å². The van der Waals surface area contributed by atoms with E-state index in [0.717, 1.165) is 18.3 Å². The predicted octanol–water partition coefficient (Wildman–Crippen LogP) is 1.32. The molecule has 0 aliphatic carbocycles. The molecular weight excluding hydrogens is 361 g/mol. The highest BCUT2D eigenvalue weighted by Crippen LogP contribution is 2.23. The summed E-state index contributed by atoms with van der Waals surface area (Å²) < 4.78 is 65.9. The van der Waals surface area contributed by atoms with E-state index in [4.69, 9.17) is 16.7 Å². The Morgan fingerprint density at radius 1 is 1.04 bits per heavy atom. The topological polar surface area (TPSA) is 125 Å². The molecule has 0 unspecified atom stereocenters. The largest absolute Gasteiger partial charge is 0.397 e. The minimum Gasteiger partial charge on any atom is -0.397 e. The van der Waals surface area contributed by atoms with Crippen molar-refractivity contribution >= 4 is 21.7 Å². The molecule has 2 aromatic carbocycles. The van der Waals surface area contributed by atoms with Crippen LogP contribution in [0.25, 0.3) is 5.70 Å². The predicted molar refractivity (Wildman–Crippen MR) is 85.3 cm³/mol. The van der Waals surface area contributed by atoms with Gasteiger partial charge in [-0.25, -0.2) is 19.0 Å². The van der Waals surface area contributed by atoms with Gasteiger partial charge in [-0.2, -0.15) is 13.6 Å². The summed E-state index contributed by atoms with van der Waals surface area (Å²) in [4.78, 5) is 0. The molecule has 0 aliphatic heterocycles. The third-order valence-corrected chi connectivity index (χ3v) is 3.40. The third kappa shape index (κ3) is 4.62. The number of rotatable bonds is 5. The van der Waals surface area contributed by atoms with Crippen molar-refractivity contribution in [2.24, 2.45) is 16.7 Å². The van der Waals surface area contributed by atoms with E-state index in [1.54, 1.807) is 0 Å². The highest BCUT2D eigenvalue weighted by Gasteiger charge is 2.16. The van der Waals surface area contributed by atoms with Crippen LogP contribution in [0, 0.1) is 17.5 Å². The third-order valence-electron chi connectivity index (χ3n) is 2.97. The Bertz CT molecular complexity index is 918. The fraction of sp³-hybridized carbons (Fsp3) is 0. The van der Waals surface area contributed by atoms with E-state index in [1.165, 1.54) is 24.3 Å². The Hall–Kier alpha value is -2.76. The molecule has 25 heavy (non-hydrogen) atoms. The number of nitrogens with zero attached hydrogens (tertiary/aromatic N) is 1. The zero-order valence-electron chi connectivity index (χ0n) is 12.5. The molecule has 2 aromatic rings. The zero-order chi connectivity index (χ0) is 18.8. The first-order valence-corrected chi connectivity index (χ1v) is 8.03. The van der Waals surface area contributed by atoms with Crippen LogP contribution in [0.3, 0.4) is 0 Å². The number of benzene rings is 2. The van der Waals surface area contributed by atoms with Gasteiger partial charge in [0.1, 0.15) is 5.75 Å². The lowest BCUT2D eigenvalue weighted by Crippen LogP contribution is -2.27. The maximum atomic E-state index is 13.7. The minimum absolute atomic E-state index is 0.0359. The van der Waals surface area contributed by atoms with Gasteiger partial charge in [0.25, 0.3) is 0 Å². The fourth-order valence-corrected chi connectivity index (χ4v) is 2.23. The van der Waals surface area contributed by atoms with Crippen molar-refractivity contribution in [1.82, 2.24) is 0 Å². The van der Waals surface area contributed by atoms with Crippen molar-refractivity contribution < 1.29 is 25.8 Å². The molecule has 0 spiro atoms. The van der Waals surface area contributed by atoms with Crippen molar-refractivity contribution in [2.45, 2.75) is 0 Å². The lowest BCUT2D eigenvalue weighted by molar-refractivity contribution is 0.447. The van der Waals surface area contributed by atoms with Gasteiger partial charge in [-0.15, -0.1) is 0 Å². The van der Waals surface area contributed by atoms with Gasteiger partial charge in [-0.05, 0) is 42.0 Å². The van der Waals surface area contributed by atoms with Crippen molar-refractivity contribution in [3.8, 4) is 5.75 Å². The van der Waals surface area contributed by atoms with Gasteiger partial charge in [0, 0.05) is 6.20 Å². The minimum atomic E-state index is -4.16. The molecule has 0 aliphatic rings. The molecule has 0 aromatic heterocycles. The lowest BCUT2D eigenvalue weighted by atomic mass is 10.1. The van der Waals surface area contributed by atoms with Crippen LogP contribution >= 0.6 is 0 Å². The number of halogens is 3. The highest BCUT2D eigenvalue weighted by molar-refractivity contribution is 7.84. The van der Waals surface area contributed by atoms with Crippen LogP contribution in [-0.2, 0) is 10.3 Å². The van der Waals surface area contributed by atoms with E-state index in [0.29, 0.717) is 10.6 Å². The van der Waals surface area contributed by atoms with Crippen LogP contribution < -0.4 is 25.9 Å². The summed E-state index contributed by atoms with van der Waals surface area (Å²) in [6, 6.07) is 7.00. The summed E-state index contributed by atoms with van der Waals surface area (Å²) >= 11 is 0. The Morgan fingerprint density at radius 3 is 2.20 bits per heavy atom. The van der Waals surface area contributed by atoms with E-state index in [-0.39, 0.29) is 11.4 Å². The Balaban J connectivity index is 2.25. The molecule has 0 saturated carbocycles. The quantitative estimate of drug-likeness (QED) is 0.412. The van der Waals surface area contributed by atoms with E-state index in [1.807, 2.05) is 0 Å². The first kappa shape index (κ1) is 18.6. The fourth-order valence-electron chi connectivity index (χ4n) is 1.85. The van der Waals surface area contributed by atoms with Gasteiger partial charge in [-0.1, -0.05) is 0 Å². The summed E-state index contributed by atoms with van der Waals surface area (Å²) in [5, 5.41) is 5.41. The van der Waals surface area contributed by atoms with Crippen LogP contribution in [0.4, 0.5) is 18.9 Å². The first-order valence-electron chi connectivity index (χ1n) is 6.56. The second-order valence-corrected chi connectivity index (χ2v) is 5.94. The molecule has 7 nitrogen and oxygen atoms in total. The summed E-state index contributed by atoms with van der Waals surface area (Å²) in [7, 11) is -4.16. The van der Waals surface area contributed by atoms with Crippen LogP contribution in [0.15, 0.2) is 42.6 Å². The van der Waals surface area contributed by atoms with Gasteiger partial charge >= 0.3 is 10.3 Å². The van der Waals surface area contributed by atoms with E-state index < -0.39 is 33.4 Å². The van der Waals surface area contributed by atoms with E-state index in [9.17, 15) is 21.6 Å². The summed E-state index contributed by atoms with van der Waals surface area (Å²) in [6.45, 7) is 0. The van der Waals surface area contributed by atoms with Gasteiger partial charge in [0.15, 0.2) is 17.5 Å². The standard InChI is InChI=1S/C14H13F3N4O3S/c15-10-5-6-12(14(17)13(10)16)21(19)7-11(18)8-1-3-9(4-2-8)24-25(20,22)23/h1-7H,18-19H2,(H2,20,22,23)/b11-7-. The molecule has 0 fully saturated rings. The van der Waals surface area contributed by atoms with E-state index >= 15 is 0 Å². The lowest BCUT2D eigenvalue weighted by Gasteiger charge is -2.16. The van der Waals surface area contributed by atoms with Crippen molar-refractivity contribution in [2.75, 3.05) is 5.01 Å². The summed E-state index contributed by atoms with van der Waals surface area (Å²) in [5.41, 5.74) is 5.77. The number of hydrazine groups is 1. The molecule has 6 N–H and O–H groups in total. The molecular formula is C14H13F3N4O3S. The number of nitrogens with two attached hydrogens (primary N) is 3. The molecule has 0 radical (unpaired) electrons. The monoisotopic (exact) mass is 374 g/mol. The smallest absolute Gasteiger partial charge is 0.380 e. The van der Waals surface area contributed by atoms with Crippen LogP contribution in [-0.4, -0.2) is 8.42 Å².